The van der Waals surface area contributed by atoms with Crippen molar-refractivity contribution in [2.45, 2.75) is 6.42 Å². The summed E-state index contributed by atoms with van der Waals surface area (Å²) >= 11 is 5.91. The van der Waals surface area contributed by atoms with Gasteiger partial charge in [0.25, 0.3) is 0 Å². The highest BCUT2D eigenvalue weighted by atomic mass is 35.5. The molecule has 2 rings (SSSR count). The first-order valence-electron chi connectivity index (χ1n) is 4.32. The van der Waals surface area contributed by atoms with Gasteiger partial charge in [-0.25, -0.2) is 9.78 Å². The molecular formula is C9H9ClN2O2. The Labute approximate surface area is 86.1 Å². The van der Waals surface area contributed by atoms with Crippen LogP contribution in [0.2, 0.25) is 5.02 Å². The summed E-state index contributed by atoms with van der Waals surface area (Å²) < 4.78 is 0. The second kappa shape index (κ2) is 3.46. The molecule has 14 heavy (non-hydrogen) atoms. The number of aromatic carboxylic acids is 1. The maximum absolute atomic E-state index is 10.6. The number of carbonyl (C=O) groups is 1. The van der Waals surface area contributed by atoms with E-state index in [4.69, 9.17) is 16.7 Å². The van der Waals surface area contributed by atoms with Crippen LogP contribution in [0.4, 0.5) is 5.82 Å². The number of aromatic nitrogens is 1. The van der Waals surface area contributed by atoms with Crippen LogP contribution in [0.3, 0.4) is 0 Å². The Hall–Kier alpha value is -1.29. The van der Waals surface area contributed by atoms with Gasteiger partial charge in [-0.15, -0.1) is 0 Å². The van der Waals surface area contributed by atoms with E-state index < -0.39 is 5.97 Å². The molecule has 1 fully saturated rings. The second-order valence-corrected chi connectivity index (χ2v) is 3.58. The smallest absolute Gasteiger partial charge is 0.337 e. The molecular weight excluding hydrogens is 204 g/mol. The Balaban J connectivity index is 2.30. The van der Waals surface area contributed by atoms with E-state index in [0.29, 0.717) is 10.8 Å². The van der Waals surface area contributed by atoms with E-state index in [1.807, 2.05) is 4.90 Å². The molecule has 0 spiro atoms. The third-order valence-corrected chi connectivity index (χ3v) is 2.50. The fourth-order valence-corrected chi connectivity index (χ4v) is 1.59. The van der Waals surface area contributed by atoms with Gasteiger partial charge in [-0.1, -0.05) is 11.6 Å². The first-order chi connectivity index (χ1) is 6.68. The van der Waals surface area contributed by atoms with Gasteiger partial charge in [0.05, 0.1) is 10.6 Å². The fourth-order valence-electron chi connectivity index (χ4n) is 1.31. The molecule has 0 bridgehead atoms. The summed E-state index contributed by atoms with van der Waals surface area (Å²) in [7, 11) is 0. The summed E-state index contributed by atoms with van der Waals surface area (Å²) in [4.78, 5) is 16.7. The molecule has 0 aromatic carbocycles. The SMILES string of the molecule is O=C(O)c1cnc(N2CCC2)c(Cl)c1. The minimum absolute atomic E-state index is 0.124. The zero-order chi connectivity index (χ0) is 10.1. The molecule has 1 aliphatic heterocycles. The molecule has 1 aromatic rings. The zero-order valence-corrected chi connectivity index (χ0v) is 8.16. The van der Waals surface area contributed by atoms with Crippen LogP contribution in [-0.4, -0.2) is 29.1 Å². The van der Waals surface area contributed by atoms with Gasteiger partial charge >= 0.3 is 5.97 Å². The molecule has 1 N–H and O–H groups in total. The minimum atomic E-state index is -1.01. The molecule has 0 aliphatic carbocycles. The van der Waals surface area contributed by atoms with Gasteiger partial charge in [-0.2, -0.15) is 0 Å². The normalized spacial score (nSPS) is 15.1. The molecule has 0 amide bonds. The lowest BCUT2D eigenvalue weighted by atomic mass is 10.2. The van der Waals surface area contributed by atoms with Crippen LogP contribution in [0.5, 0.6) is 0 Å². The van der Waals surface area contributed by atoms with Crippen LogP contribution in [0.1, 0.15) is 16.8 Å². The third kappa shape index (κ3) is 1.53. The van der Waals surface area contributed by atoms with Crippen LogP contribution in [0.25, 0.3) is 0 Å². The van der Waals surface area contributed by atoms with Crippen molar-refractivity contribution in [1.29, 1.82) is 0 Å². The van der Waals surface area contributed by atoms with Gasteiger partial charge < -0.3 is 10.0 Å². The predicted octanol–water partition coefficient (Wildman–Crippen LogP) is 1.64. The maximum Gasteiger partial charge on any atom is 0.337 e. The Morgan fingerprint density at radius 2 is 2.29 bits per heavy atom. The van der Waals surface area contributed by atoms with Crippen molar-refractivity contribution >= 4 is 23.4 Å². The zero-order valence-electron chi connectivity index (χ0n) is 7.40. The van der Waals surface area contributed by atoms with Crippen LogP contribution >= 0.6 is 11.6 Å². The number of halogens is 1. The Kier molecular flexibility index (Phi) is 2.29. The summed E-state index contributed by atoms with van der Waals surface area (Å²) in [5, 5.41) is 9.10. The number of pyridine rings is 1. The van der Waals surface area contributed by atoms with E-state index >= 15 is 0 Å². The maximum atomic E-state index is 10.6. The van der Waals surface area contributed by atoms with E-state index in [0.717, 1.165) is 19.5 Å². The molecule has 0 saturated carbocycles. The van der Waals surface area contributed by atoms with Gasteiger partial charge in [0.2, 0.25) is 0 Å². The van der Waals surface area contributed by atoms with Crippen molar-refractivity contribution in [3.63, 3.8) is 0 Å². The van der Waals surface area contributed by atoms with Crippen LogP contribution in [0.15, 0.2) is 12.3 Å². The number of rotatable bonds is 2. The average Bonchev–Trinajstić information content (AvgIpc) is 2.04. The van der Waals surface area contributed by atoms with Gasteiger partial charge in [0, 0.05) is 19.3 Å². The van der Waals surface area contributed by atoms with Gasteiger partial charge in [-0.3, -0.25) is 0 Å². The van der Waals surface area contributed by atoms with E-state index in [1.54, 1.807) is 0 Å². The summed E-state index contributed by atoms with van der Waals surface area (Å²) in [5.74, 6) is -0.322. The van der Waals surface area contributed by atoms with Crippen LogP contribution < -0.4 is 4.90 Å². The number of hydrogen-bond acceptors (Lipinski definition) is 3. The van der Waals surface area contributed by atoms with Crippen molar-refractivity contribution < 1.29 is 9.90 Å². The number of anilines is 1. The lowest BCUT2D eigenvalue weighted by Crippen LogP contribution is -2.37. The first-order valence-corrected chi connectivity index (χ1v) is 4.70. The summed E-state index contributed by atoms with van der Waals surface area (Å²) in [6, 6.07) is 1.44. The van der Waals surface area contributed by atoms with Crippen molar-refractivity contribution in [3.05, 3.63) is 22.8 Å². The molecule has 1 aliphatic rings. The highest BCUT2D eigenvalue weighted by molar-refractivity contribution is 6.33. The molecule has 1 aromatic heterocycles. The summed E-state index contributed by atoms with van der Waals surface area (Å²) in [6.07, 6.45) is 2.47. The third-order valence-electron chi connectivity index (χ3n) is 2.22. The quantitative estimate of drug-likeness (QED) is 0.810. The molecule has 74 valence electrons. The Morgan fingerprint density at radius 1 is 1.57 bits per heavy atom. The van der Waals surface area contributed by atoms with Crippen LogP contribution in [0, 0.1) is 0 Å². The lowest BCUT2D eigenvalue weighted by Gasteiger charge is -2.32. The van der Waals surface area contributed by atoms with Crippen LogP contribution in [-0.2, 0) is 0 Å². The molecule has 4 nitrogen and oxygen atoms in total. The molecule has 1 saturated heterocycles. The molecule has 0 radical (unpaired) electrons. The molecule has 5 heteroatoms. The summed E-state index contributed by atoms with van der Waals surface area (Å²) in [5.41, 5.74) is 0.124. The minimum Gasteiger partial charge on any atom is -0.478 e. The highest BCUT2D eigenvalue weighted by Crippen LogP contribution is 2.27. The molecule has 0 atom stereocenters. The van der Waals surface area contributed by atoms with Crippen molar-refractivity contribution in [2.75, 3.05) is 18.0 Å². The lowest BCUT2D eigenvalue weighted by molar-refractivity contribution is 0.0696. The second-order valence-electron chi connectivity index (χ2n) is 3.18. The standard InChI is InChI=1S/C9H9ClN2O2/c10-7-4-6(9(13)14)5-11-8(7)12-2-1-3-12/h4-5H,1-3H2,(H,13,14). The fraction of sp³-hybridized carbons (Fsp3) is 0.333. The molecule has 2 heterocycles. The van der Waals surface area contributed by atoms with Crippen molar-refractivity contribution in [1.82, 2.24) is 4.98 Å². The van der Waals surface area contributed by atoms with E-state index in [2.05, 4.69) is 4.98 Å². The number of nitrogens with zero attached hydrogens (tertiary/aromatic N) is 2. The van der Waals surface area contributed by atoms with E-state index in [-0.39, 0.29) is 5.56 Å². The van der Waals surface area contributed by atoms with E-state index in [9.17, 15) is 4.79 Å². The monoisotopic (exact) mass is 212 g/mol. The van der Waals surface area contributed by atoms with Gasteiger partial charge in [0.1, 0.15) is 5.82 Å². The van der Waals surface area contributed by atoms with Gasteiger partial charge in [-0.05, 0) is 12.5 Å². The number of carboxylic acids is 1. The number of carboxylic acid groups (broad SMARTS) is 1. The van der Waals surface area contributed by atoms with E-state index in [1.165, 1.54) is 12.3 Å². The largest absolute Gasteiger partial charge is 0.478 e. The highest BCUT2D eigenvalue weighted by Gasteiger charge is 2.19. The Bertz CT molecular complexity index is 377. The first kappa shape index (κ1) is 9.27. The number of hydrogen-bond donors (Lipinski definition) is 1. The van der Waals surface area contributed by atoms with Crippen molar-refractivity contribution in [2.24, 2.45) is 0 Å². The summed E-state index contributed by atoms with van der Waals surface area (Å²) in [6.45, 7) is 1.89. The molecule has 0 unspecified atom stereocenters. The predicted molar refractivity (Wildman–Crippen MR) is 53.0 cm³/mol. The Morgan fingerprint density at radius 3 is 2.71 bits per heavy atom. The topological polar surface area (TPSA) is 53.4 Å². The van der Waals surface area contributed by atoms with Crippen molar-refractivity contribution in [3.8, 4) is 0 Å². The average molecular weight is 213 g/mol. The van der Waals surface area contributed by atoms with Gasteiger partial charge in [0.15, 0.2) is 0 Å².